The van der Waals surface area contributed by atoms with Gasteiger partial charge in [0, 0.05) is 16.9 Å². The van der Waals surface area contributed by atoms with E-state index in [-0.39, 0.29) is 5.11 Å². The van der Waals surface area contributed by atoms with Crippen LogP contribution in [0.15, 0.2) is 29.4 Å². The molecule has 0 aliphatic carbocycles. The Morgan fingerprint density at radius 3 is 2.47 bits per heavy atom. The summed E-state index contributed by atoms with van der Waals surface area (Å²) in [6, 6.07) is 6.67. The number of halogens is 4. The molecule has 0 aliphatic heterocycles. The van der Waals surface area contributed by atoms with Crippen molar-refractivity contribution in [2.75, 3.05) is 5.32 Å². The molecule has 0 radical (unpaired) electrons. The first kappa shape index (κ1) is 15.7. The zero-order chi connectivity index (χ0) is 14.5. The SMILES string of the molecule is CC(/C=N/NC(=S)Nc1ccc(Cl)cc1)C(F)(F)F. The lowest BCUT2D eigenvalue weighted by Crippen LogP contribution is -2.26. The van der Waals surface area contributed by atoms with Gasteiger partial charge in [-0.05, 0) is 43.4 Å². The van der Waals surface area contributed by atoms with Gasteiger partial charge < -0.3 is 5.32 Å². The largest absolute Gasteiger partial charge is 0.396 e. The molecule has 19 heavy (non-hydrogen) atoms. The van der Waals surface area contributed by atoms with Crippen molar-refractivity contribution < 1.29 is 13.2 Å². The molecule has 0 bridgehead atoms. The molecule has 0 spiro atoms. The minimum Gasteiger partial charge on any atom is -0.331 e. The Hall–Kier alpha value is -1.34. The summed E-state index contributed by atoms with van der Waals surface area (Å²) in [5.41, 5.74) is 2.96. The molecule has 0 fully saturated rings. The van der Waals surface area contributed by atoms with Crippen LogP contribution >= 0.6 is 23.8 Å². The van der Waals surface area contributed by atoms with Gasteiger partial charge in [0.05, 0.1) is 5.92 Å². The summed E-state index contributed by atoms with van der Waals surface area (Å²) in [5.74, 6) is -1.64. The molecule has 0 aromatic heterocycles. The average Bonchev–Trinajstić information content (AvgIpc) is 2.31. The minimum atomic E-state index is -4.31. The van der Waals surface area contributed by atoms with Crippen LogP contribution in [0.2, 0.25) is 5.02 Å². The molecule has 1 atom stereocenters. The summed E-state index contributed by atoms with van der Waals surface area (Å²) < 4.78 is 36.5. The Bertz CT molecular complexity index is 459. The second kappa shape index (κ2) is 6.72. The maximum atomic E-state index is 12.2. The lowest BCUT2D eigenvalue weighted by Gasteiger charge is -2.10. The summed E-state index contributed by atoms with van der Waals surface area (Å²) in [5, 5.41) is 6.84. The van der Waals surface area contributed by atoms with Crippen molar-refractivity contribution >= 4 is 40.8 Å². The minimum absolute atomic E-state index is 0.0907. The van der Waals surface area contributed by atoms with Crippen LogP contribution in [0.5, 0.6) is 0 Å². The fourth-order valence-corrected chi connectivity index (χ4v) is 1.28. The fourth-order valence-electron chi connectivity index (χ4n) is 0.984. The van der Waals surface area contributed by atoms with Crippen LogP contribution < -0.4 is 10.7 Å². The van der Waals surface area contributed by atoms with E-state index in [1.165, 1.54) is 0 Å². The van der Waals surface area contributed by atoms with E-state index in [9.17, 15) is 13.2 Å². The zero-order valence-electron chi connectivity index (χ0n) is 9.83. The molecule has 0 aliphatic rings. The second-order valence-corrected chi connectivity index (χ2v) is 4.53. The lowest BCUT2D eigenvalue weighted by atomic mass is 10.2. The van der Waals surface area contributed by atoms with Gasteiger partial charge in [0.2, 0.25) is 0 Å². The highest BCUT2D eigenvalue weighted by Gasteiger charge is 2.34. The quantitative estimate of drug-likeness (QED) is 0.506. The monoisotopic (exact) mass is 309 g/mol. The Morgan fingerprint density at radius 1 is 1.37 bits per heavy atom. The van der Waals surface area contributed by atoms with Gasteiger partial charge in [-0.15, -0.1) is 0 Å². The van der Waals surface area contributed by atoms with Crippen molar-refractivity contribution in [1.82, 2.24) is 5.43 Å². The summed E-state index contributed by atoms with van der Waals surface area (Å²) in [6.07, 6.45) is -3.56. The van der Waals surface area contributed by atoms with Crippen molar-refractivity contribution in [2.24, 2.45) is 11.0 Å². The van der Waals surface area contributed by atoms with Crippen LogP contribution in [-0.2, 0) is 0 Å². The average molecular weight is 310 g/mol. The van der Waals surface area contributed by atoms with Crippen molar-refractivity contribution in [3.8, 4) is 0 Å². The second-order valence-electron chi connectivity index (χ2n) is 3.68. The van der Waals surface area contributed by atoms with Crippen LogP contribution in [0.25, 0.3) is 0 Å². The van der Waals surface area contributed by atoms with E-state index < -0.39 is 12.1 Å². The number of hydrogen-bond donors (Lipinski definition) is 2. The van der Waals surface area contributed by atoms with Crippen molar-refractivity contribution in [1.29, 1.82) is 0 Å². The third kappa shape index (κ3) is 5.89. The number of hydrazone groups is 1. The summed E-state index contributed by atoms with van der Waals surface area (Å²) in [7, 11) is 0. The molecular formula is C11H11ClF3N3S. The molecule has 1 aromatic rings. The molecule has 0 saturated heterocycles. The summed E-state index contributed by atoms with van der Waals surface area (Å²) in [4.78, 5) is 0. The first-order valence-corrected chi connectivity index (χ1v) is 6.00. The molecule has 0 heterocycles. The molecule has 0 saturated carbocycles. The molecule has 104 valence electrons. The maximum Gasteiger partial charge on any atom is 0.396 e. The lowest BCUT2D eigenvalue weighted by molar-refractivity contribution is -0.149. The standard InChI is InChI=1S/C11H11ClF3N3S/c1-7(11(13,14)15)6-16-18-10(19)17-9-4-2-8(12)3-5-9/h2-7H,1H3,(H2,17,18,19)/b16-6+. The number of alkyl halides is 3. The number of hydrogen-bond acceptors (Lipinski definition) is 2. The van der Waals surface area contributed by atoms with Gasteiger partial charge in [-0.2, -0.15) is 18.3 Å². The Balaban J connectivity index is 2.44. The number of anilines is 1. The summed E-state index contributed by atoms with van der Waals surface area (Å²) >= 11 is 10.6. The Kier molecular flexibility index (Phi) is 5.56. The smallest absolute Gasteiger partial charge is 0.331 e. The normalized spacial score (nSPS) is 13.3. The molecule has 1 rings (SSSR count). The molecule has 3 nitrogen and oxygen atoms in total. The van der Waals surface area contributed by atoms with Crippen LogP contribution in [0.3, 0.4) is 0 Å². The van der Waals surface area contributed by atoms with Gasteiger partial charge in [0.25, 0.3) is 0 Å². The Morgan fingerprint density at radius 2 is 1.95 bits per heavy atom. The summed E-state index contributed by atoms with van der Waals surface area (Å²) in [6.45, 7) is 1.00. The van der Waals surface area contributed by atoms with E-state index in [0.29, 0.717) is 10.7 Å². The van der Waals surface area contributed by atoms with Gasteiger partial charge in [-0.3, -0.25) is 5.43 Å². The van der Waals surface area contributed by atoms with Gasteiger partial charge in [0.15, 0.2) is 5.11 Å². The number of benzene rings is 1. The van der Waals surface area contributed by atoms with Crippen LogP contribution in [0.1, 0.15) is 6.92 Å². The molecule has 2 N–H and O–H groups in total. The number of thiocarbonyl (C=S) groups is 1. The zero-order valence-corrected chi connectivity index (χ0v) is 11.4. The predicted octanol–water partition coefficient (Wildman–Crippen LogP) is 3.81. The van der Waals surface area contributed by atoms with Crippen molar-refractivity contribution in [3.05, 3.63) is 29.3 Å². The fraction of sp³-hybridized carbons (Fsp3) is 0.273. The van der Waals surface area contributed by atoms with E-state index in [4.69, 9.17) is 23.8 Å². The van der Waals surface area contributed by atoms with Gasteiger partial charge >= 0.3 is 6.18 Å². The number of nitrogens with zero attached hydrogens (tertiary/aromatic N) is 1. The topological polar surface area (TPSA) is 36.4 Å². The van der Waals surface area contributed by atoms with E-state index in [1.807, 2.05) is 0 Å². The highest BCUT2D eigenvalue weighted by Crippen LogP contribution is 2.23. The van der Waals surface area contributed by atoms with Gasteiger partial charge in [-0.25, -0.2) is 0 Å². The van der Waals surface area contributed by atoms with Gasteiger partial charge in [-0.1, -0.05) is 11.6 Å². The van der Waals surface area contributed by atoms with E-state index in [0.717, 1.165) is 13.1 Å². The van der Waals surface area contributed by atoms with E-state index in [2.05, 4.69) is 15.8 Å². The molecule has 1 unspecified atom stereocenters. The highest BCUT2D eigenvalue weighted by atomic mass is 35.5. The van der Waals surface area contributed by atoms with Crippen molar-refractivity contribution in [2.45, 2.75) is 13.1 Å². The van der Waals surface area contributed by atoms with Crippen LogP contribution in [0.4, 0.5) is 18.9 Å². The van der Waals surface area contributed by atoms with Crippen molar-refractivity contribution in [3.63, 3.8) is 0 Å². The van der Waals surface area contributed by atoms with E-state index >= 15 is 0 Å². The molecule has 0 amide bonds. The maximum absolute atomic E-state index is 12.2. The van der Waals surface area contributed by atoms with E-state index in [1.54, 1.807) is 24.3 Å². The molecular weight excluding hydrogens is 299 g/mol. The Labute approximate surface area is 118 Å². The highest BCUT2D eigenvalue weighted by molar-refractivity contribution is 7.80. The first-order valence-electron chi connectivity index (χ1n) is 5.21. The number of nitrogens with one attached hydrogen (secondary N) is 2. The third-order valence-corrected chi connectivity index (χ3v) is 2.53. The van der Waals surface area contributed by atoms with Crippen LogP contribution in [-0.4, -0.2) is 17.5 Å². The third-order valence-electron chi connectivity index (χ3n) is 2.08. The van der Waals surface area contributed by atoms with Crippen LogP contribution in [0, 0.1) is 5.92 Å². The molecule has 8 heteroatoms. The number of rotatable bonds is 3. The van der Waals surface area contributed by atoms with Gasteiger partial charge in [0.1, 0.15) is 0 Å². The molecule has 1 aromatic carbocycles. The predicted molar refractivity (Wildman–Crippen MR) is 74.5 cm³/mol. The first-order chi connectivity index (χ1) is 8.79.